The van der Waals surface area contributed by atoms with E-state index in [1.807, 2.05) is 0 Å². The maximum Gasteiger partial charge on any atom is 0.240 e. The quantitative estimate of drug-likeness (QED) is 0.831. The van der Waals surface area contributed by atoms with Crippen molar-refractivity contribution in [3.63, 3.8) is 0 Å². The van der Waals surface area contributed by atoms with E-state index in [9.17, 15) is 13.2 Å². The van der Waals surface area contributed by atoms with Crippen LogP contribution in [0.3, 0.4) is 0 Å². The third kappa shape index (κ3) is 4.03. The second-order valence-electron chi connectivity index (χ2n) is 4.89. The van der Waals surface area contributed by atoms with Crippen molar-refractivity contribution in [3.8, 4) is 0 Å². The molecule has 5 nitrogen and oxygen atoms in total. The molecule has 0 aliphatic heterocycles. The SMILES string of the molecule is CC(=O)c1cccc(S(=O)(=O)N[C@@H](C)Cc2ccco2)c1. The second kappa shape index (κ2) is 6.24. The van der Waals surface area contributed by atoms with E-state index in [2.05, 4.69) is 4.72 Å². The fourth-order valence-electron chi connectivity index (χ4n) is 1.99. The number of nitrogens with one attached hydrogen (secondary N) is 1. The third-order valence-electron chi connectivity index (χ3n) is 2.99. The first-order chi connectivity index (χ1) is 9.88. The number of sulfonamides is 1. The summed E-state index contributed by atoms with van der Waals surface area (Å²) in [7, 11) is -3.66. The van der Waals surface area contributed by atoms with Gasteiger partial charge in [0.2, 0.25) is 10.0 Å². The number of Topliss-reactive ketones (excluding diaryl/α,β-unsaturated/α-hetero) is 1. The average molecular weight is 307 g/mol. The smallest absolute Gasteiger partial charge is 0.240 e. The van der Waals surface area contributed by atoms with Crippen molar-refractivity contribution in [3.05, 3.63) is 54.0 Å². The third-order valence-corrected chi connectivity index (χ3v) is 4.58. The van der Waals surface area contributed by atoms with Crippen molar-refractivity contribution in [2.75, 3.05) is 0 Å². The van der Waals surface area contributed by atoms with Crippen LogP contribution in [-0.4, -0.2) is 20.2 Å². The molecule has 0 bridgehead atoms. The first kappa shape index (κ1) is 15.5. The van der Waals surface area contributed by atoms with Crippen LogP contribution in [0.2, 0.25) is 0 Å². The molecular weight excluding hydrogens is 290 g/mol. The van der Waals surface area contributed by atoms with Crippen molar-refractivity contribution in [2.24, 2.45) is 0 Å². The number of carbonyl (C=O) groups excluding carboxylic acids is 1. The minimum Gasteiger partial charge on any atom is -0.469 e. The van der Waals surface area contributed by atoms with Crippen LogP contribution in [-0.2, 0) is 16.4 Å². The number of furan rings is 1. The summed E-state index contributed by atoms with van der Waals surface area (Å²) in [6.07, 6.45) is 2.01. The van der Waals surface area contributed by atoms with Gasteiger partial charge in [-0.15, -0.1) is 0 Å². The minimum absolute atomic E-state index is 0.0847. The van der Waals surface area contributed by atoms with Gasteiger partial charge in [-0.3, -0.25) is 4.79 Å². The topological polar surface area (TPSA) is 76.4 Å². The summed E-state index contributed by atoms with van der Waals surface area (Å²) in [6, 6.07) is 9.23. The van der Waals surface area contributed by atoms with E-state index >= 15 is 0 Å². The molecule has 1 atom stereocenters. The van der Waals surface area contributed by atoms with E-state index in [1.54, 1.807) is 37.5 Å². The molecule has 0 unspecified atom stereocenters. The Morgan fingerprint density at radius 2 is 2.05 bits per heavy atom. The zero-order valence-electron chi connectivity index (χ0n) is 11.9. The van der Waals surface area contributed by atoms with E-state index in [0.717, 1.165) is 0 Å². The standard InChI is InChI=1S/C15H17NO4S/c1-11(9-14-6-4-8-20-14)16-21(18,19)15-7-3-5-13(10-15)12(2)17/h3-8,10-11,16H,9H2,1-2H3/t11-/m0/s1. The number of benzene rings is 1. The summed E-state index contributed by atoms with van der Waals surface area (Å²) in [5.41, 5.74) is 0.372. The number of carbonyl (C=O) groups is 1. The maximum absolute atomic E-state index is 12.3. The molecule has 0 saturated carbocycles. The Morgan fingerprint density at radius 1 is 1.29 bits per heavy atom. The predicted octanol–water partition coefficient (Wildman–Crippen LogP) is 2.39. The lowest BCUT2D eigenvalue weighted by Crippen LogP contribution is -2.34. The second-order valence-corrected chi connectivity index (χ2v) is 6.60. The Hall–Kier alpha value is -1.92. The summed E-state index contributed by atoms with van der Waals surface area (Å²) in [5.74, 6) is 0.540. The highest BCUT2D eigenvalue weighted by Gasteiger charge is 2.19. The summed E-state index contributed by atoms with van der Waals surface area (Å²) in [5, 5.41) is 0. The van der Waals surface area contributed by atoms with E-state index < -0.39 is 10.0 Å². The van der Waals surface area contributed by atoms with Crippen molar-refractivity contribution in [1.29, 1.82) is 0 Å². The lowest BCUT2D eigenvalue weighted by Gasteiger charge is -2.13. The molecule has 1 aromatic heterocycles. The highest BCUT2D eigenvalue weighted by atomic mass is 32.2. The van der Waals surface area contributed by atoms with Gasteiger partial charge in [0.15, 0.2) is 5.78 Å². The zero-order chi connectivity index (χ0) is 15.5. The maximum atomic E-state index is 12.3. The minimum atomic E-state index is -3.66. The van der Waals surface area contributed by atoms with Gasteiger partial charge in [-0.25, -0.2) is 13.1 Å². The Balaban J connectivity index is 2.14. The average Bonchev–Trinajstić information content (AvgIpc) is 2.91. The molecule has 1 N–H and O–H groups in total. The summed E-state index contributed by atoms with van der Waals surface area (Å²) >= 11 is 0. The van der Waals surface area contributed by atoms with Crippen molar-refractivity contribution >= 4 is 15.8 Å². The Bertz CT molecular complexity index is 720. The van der Waals surface area contributed by atoms with Gasteiger partial charge in [-0.05, 0) is 38.1 Å². The molecule has 0 spiro atoms. The van der Waals surface area contributed by atoms with Gasteiger partial charge in [0.05, 0.1) is 11.2 Å². The molecule has 0 fully saturated rings. The van der Waals surface area contributed by atoms with Gasteiger partial charge < -0.3 is 4.42 Å². The summed E-state index contributed by atoms with van der Waals surface area (Å²) < 4.78 is 32.4. The fourth-order valence-corrected chi connectivity index (χ4v) is 3.28. The lowest BCUT2D eigenvalue weighted by atomic mass is 10.2. The van der Waals surface area contributed by atoms with Crippen LogP contribution >= 0.6 is 0 Å². The van der Waals surface area contributed by atoms with E-state index in [-0.39, 0.29) is 16.7 Å². The van der Waals surface area contributed by atoms with Gasteiger partial charge >= 0.3 is 0 Å². The number of ketones is 1. The number of rotatable bonds is 6. The van der Waals surface area contributed by atoms with Gasteiger partial charge in [-0.1, -0.05) is 12.1 Å². The first-order valence-electron chi connectivity index (χ1n) is 6.54. The zero-order valence-corrected chi connectivity index (χ0v) is 12.7. The van der Waals surface area contributed by atoms with Crippen molar-refractivity contribution in [1.82, 2.24) is 4.72 Å². The molecule has 0 saturated heterocycles. The van der Waals surface area contributed by atoms with Gasteiger partial charge in [0.1, 0.15) is 5.76 Å². The van der Waals surface area contributed by atoms with Crippen LogP contribution in [0.4, 0.5) is 0 Å². The molecule has 21 heavy (non-hydrogen) atoms. The van der Waals surface area contributed by atoms with Crippen LogP contribution in [0.25, 0.3) is 0 Å². The monoisotopic (exact) mass is 307 g/mol. The van der Waals surface area contributed by atoms with Crippen LogP contribution < -0.4 is 4.72 Å². The summed E-state index contributed by atoms with van der Waals surface area (Å²) in [6.45, 7) is 3.16. The summed E-state index contributed by atoms with van der Waals surface area (Å²) in [4.78, 5) is 11.4. The largest absolute Gasteiger partial charge is 0.469 e. The van der Waals surface area contributed by atoms with Gasteiger partial charge in [0.25, 0.3) is 0 Å². The van der Waals surface area contributed by atoms with Crippen LogP contribution in [0.1, 0.15) is 30.0 Å². The van der Waals surface area contributed by atoms with E-state index in [0.29, 0.717) is 17.7 Å². The molecule has 0 aliphatic rings. The van der Waals surface area contributed by atoms with E-state index in [4.69, 9.17) is 4.42 Å². The highest BCUT2D eigenvalue weighted by molar-refractivity contribution is 7.89. The fraction of sp³-hybridized carbons (Fsp3) is 0.267. The van der Waals surface area contributed by atoms with Crippen molar-refractivity contribution in [2.45, 2.75) is 31.2 Å². The molecule has 112 valence electrons. The Morgan fingerprint density at radius 3 is 2.67 bits per heavy atom. The van der Waals surface area contributed by atoms with E-state index in [1.165, 1.54) is 19.1 Å². The molecule has 2 aromatic rings. The van der Waals surface area contributed by atoms with Crippen LogP contribution in [0.5, 0.6) is 0 Å². The first-order valence-corrected chi connectivity index (χ1v) is 8.02. The lowest BCUT2D eigenvalue weighted by molar-refractivity contribution is 0.101. The number of hydrogen-bond donors (Lipinski definition) is 1. The molecule has 0 radical (unpaired) electrons. The predicted molar refractivity (Wildman–Crippen MR) is 78.6 cm³/mol. The van der Waals surface area contributed by atoms with Crippen LogP contribution in [0.15, 0.2) is 52.0 Å². The molecule has 1 aromatic carbocycles. The molecule has 6 heteroatoms. The van der Waals surface area contributed by atoms with Crippen LogP contribution in [0, 0.1) is 0 Å². The van der Waals surface area contributed by atoms with Gasteiger partial charge in [0, 0.05) is 18.0 Å². The molecule has 2 rings (SSSR count). The molecule has 1 heterocycles. The van der Waals surface area contributed by atoms with Crippen molar-refractivity contribution < 1.29 is 17.6 Å². The molecular formula is C15H17NO4S. The normalized spacial score (nSPS) is 13.0. The Labute approximate surface area is 124 Å². The highest BCUT2D eigenvalue weighted by Crippen LogP contribution is 2.13. The Kier molecular flexibility index (Phi) is 4.59. The molecule has 0 aliphatic carbocycles. The van der Waals surface area contributed by atoms with Gasteiger partial charge in [-0.2, -0.15) is 0 Å². The molecule has 0 amide bonds. The number of hydrogen-bond acceptors (Lipinski definition) is 4.